The second-order valence-electron chi connectivity index (χ2n) is 9.37. The summed E-state index contributed by atoms with van der Waals surface area (Å²) in [5.74, 6) is 0.824. The lowest BCUT2D eigenvalue weighted by Crippen LogP contribution is -2.45. The predicted molar refractivity (Wildman–Crippen MR) is 137 cm³/mol. The van der Waals surface area contributed by atoms with E-state index in [1.54, 1.807) is 0 Å². The number of anilines is 1. The van der Waals surface area contributed by atoms with Gasteiger partial charge in [0.25, 0.3) is 5.91 Å². The predicted octanol–water partition coefficient (Wildman–Crippen LogP) is 3.64. The molecule has 0 aliphatic carbocycles. The van der Waals surface area contributed by atoms with Gasteiger partial charge in [-0.3, -0.25) is 9.78 Å². The maximum atomic E-state index is 13.4. The highest BCUT2D eigenvalue weighted by molar-refractivity contribution is 6.04. The number of carbonyl (C=O) groups excluding carboxylic acids is 1. The van der Waals surface area contributed by atoms with Crippen LogP contribution < -0.4 is 4.90 Å². The SMILES string of the molecule is CN1CCN(c2ncc(-c3cccc4c3C(=O)N(CCc3ccc5ccccc5n3)C4)cn2)CC1. The minimum Gasteiger partial charge on any atom is -0.338 e. The van der Waals surface area contributed by atoms with Crippen LogP contribution in [0.5, 0.6) is 0 Å². The quantitative estimate of drug-likeness (QED) is 0.449. The van der Waals surface area contributed by atoms with Gasteiger partial charge in [-0.15, -0.1) is 0 Å². The monoisotopic (exact) mass is 464 g/mol. The van der Waals surface area contributed by atoms with Gasteiger partial charge in [0.2, 0.25) is 5.95 Å². The van der Waals surface area contributed by atoms with Gasteiger partial charge in [-0.25, -0.2) is 9.97 Å². The summed E-state index contributed by atoms with van der Waals surface area (Å²) in [6.07, 6.45) is 4.43. The fraction of sp³-hybridized carbons (Fsp3) is 0.286. The summed E-state index contributed by atoms with van der Waals surface area (Å²) in [7, 11) is 2.13. The number of carbonyl (C=O) groups is 1. The maximum absolute atomic E-state index is 13.4. The molecule has 176 valence electrons. The number of amides is 1. The highest BCUT2D eigenvalue weighted by Gasteiger charge is 2.30. The van der Waals surface area contributed by atoms with E-state index in [0.717, 1.165) is 77.4 Å². The van der Waals surface area contributed by atoms with Gasteiger partial charge in [-0.2, -0.15) is 0 Å². The Morgan fingerprint density at radius 1 is 0.886 bits per heavy atom. The molecular formula is C28H28N6O. The van der Waals surface area contributed by atoms with E-state index in [0.29, 0.717) is 13.1 Å². The second-order valence-corrected chi connectivity index (χ2v) is 9.37. The zero-order valence-corrected chi connectivity index (χ0v) is 19.9. The standard InChI is InChI=1S/C28H28N6O/c1-32-13-15-33(16-14-32)28-29-17-22(18-30-28)24-7-4-6-21-19-34(27(35)26(21)24)12-11-23-10-9-20-5-2-3-8-25(20)31-23/h2-10,17-18H,11-16,19H2,1H3. The zero-order valence-electron chi connectivity index (χ0n) is 19.9. The largest absolute Gasteiger partial charge is 0.338 e. The molecule has 7 heteroatoms. The number of rotatable bonds is 5. The first kappa shape index (κ1) is 21.7. The van der Waals surface area contributed by atoms with Crippen LogP contribution in [0.3, 0.4) is 0 Å². The molecule has 4 aromatic rings. The highest BCUT2D eigenvalue weighted by atomic mass is 16.2. The minimum absolute atomic E-state index is 0.0690. The van der Waals surface area contributed by atoms with E-state index in [9.17, 15) is 4.79 Å². The molecule has 4 heterocycles. The minimum atomic E-state index is 0.0690. The number of aromatic nitrogens is 3. The Labute approximate surface area is 205 Å². The van der Waals surface area contributed by atoms with Crippen LogP contribution in [-0.4, -0.2) is 70.4 Å². The Morgan fingerprint density at radius 3 is 2.51 bits per heavy atom. The van der Waals surface area contributed by atoms with Crippen molar-refractivity contribution in [2.75, 3.05) is 44.7 Å². The second kappa shape index (κ2) is 9.07. The van der Waals surface area contributed by atoms with Crippen LogP contribution in [0.25, 0.3) is 22.0 Å². The van der Waals surface area contributed by atoms with E-state index < -0.39 is 0 Å². The highest BCUT2D eigenvalue weighted by Crippen LogP contribution is 2.32. The van der Waals surface area contributed by atoms with Gasteiger partial charge in [0.05, 0.1) is 11.1 Å². The van der Waals surface area contributed by atoms with Gasteiger partial charge >= 0.3 is 0 Å². The van der Waals surface area contributed by atoms with Crippen LogP contribution in [0.2, 0.25) is 0 Å². The Bertz CT molecular complexity index is 1380. The third-order valence-electron chi connectivity index (χ3n) is 7.04. The zero-order chi connectivity index (χ0) is 23.8. The van der Waals surface area contributed by atoms with Gasteiger partial charge in [-0.05, 0) is 30.3 Å². The third kappa shape index (κ3) is 4.23. The number of hydrogen-bond acceptors (Lipinski definition) is 6. The van der Waals surface area contributed by atoms with Crippen LogP contribution >= 0.6 is 0 Å². The average Bonchev–Trinajstić information content (AvgIpc) is 3.23. The summed E-state index contributed by atoms with van der Waals surface area (Å²) < 4.78 is 0. The van der Waals surface area contributed by atoms with Crippen molar-refractivity contribution in [2.24, 2.45) is 0 Å². The van der Waals surface area contributed by atoms with Gasteiger partial charge in [0, 0.05) is 74.7 Å². The molecule has 2 aromatic carbocycles. The number of likely N-dealkylation sites (N-methyl/N-ethyl adjacent to an activating group) is 1. The first-order valence-corrected chi connectivity index (χ1v) is 12.2. The van der Waals surface area contributed by atoms with Crippen LogP contribution in [0, 0.1) is 0 Å². The number of benzene rings is 2. The molecule has 0 bridgehead atoms. The maximum Gasteiger partial charge on any atom is 0.255 e. The fourth-order valence-electron chi connectivity index (χ4n) is 4.97. The van der Waals surface area contributed by atoms with Crippen molar-refractivity contribution in [1.29, 1.82) is 0 Å². The van der Waals surface area contributed by atoms with Crippen LogP contribution in [-0.2, 0) is 13.0 Å². The fourth-order valence-corrected chi connectivity index (χ4v) is 4.97. The smallest absolute Gasteiger partial charge is 0.255 e. The summed E-state index contributed by atoms with van der Waals surface area (Å²) >= 11 is 0. The number of hydrogen-bond donors (Lipinski definition) is 0. The summed E-state index contributed by atoms with van der Waals surface area (Å²) in [6, 6.07) is 18.3. The molecule has 0 saturated carbocycles. The number of para-hydroxylation sites is 1. The molecule has 35 heavy (non-hydrogen) atoms. The van der Waals surface area contributed by atoms with Crippen molar-refractivity contribution >= 4 is 22.8 Å². The lowest BCUT2D eigenvalue weighted by molar-refractivity contribution is 0.0780. The van der Waals surface area contributed by atoms with Crippen molar-refractivity contribution in [3.63, 3.8) is 0 Å². The number of piperazine rings is 1. The third-order valence-corrected chi connectivity index (χ3v) is 7.04. The normalized spacial score (nSPS) is 16.2. The summed E-state index contributed by atoms with van der Waals surface area (Å²) in [5.41, 5.74) is 5.61. The van der Waals surface area contributed by atoms with Crippen molar-refractivity contribution in [2.45, 2.75) is 13.0 Å². The molecule has 2 aliphatic rings. The summed E-state index contributed by atoms with van der Waals surface area (Å²) in [4.78, 5) is 33.9. The van der Waals surface area contributed by atoms with E-state index in [1.807, 2.05) is 53.7 Å². The van der Waals surface area contributed by atoms with Crippen molar-refractivity contribution in [3.05, 3.63) is 83.8 Å². The number of pyridine rings is 1. The molecule has 0 N–H and O–H groups in total. The summed E-state index contributed by atoms with van der Waals surface area (Å²) in [6.45, 7) is 5.13. The Balaban J connectivity index is 1.18. The van der Waals surface area contributed by atoms with Crippen LogP contribution in [0.15, 0.2) is 67.0 Å². The van der Waals surface area contributed by atoms with E-state index in [1.165, 1.54) is 0 Å². The average molecular weight is 465 g/mol. The van der Waals surface area contributed by atoms with Crippen LogP contribution in [0.1, 0.15) is 21.6 Å². The van der Waals surface area contributed by atoms with Crippen molar-refractivity contribution in [1.82, 2.24) is 24.8 Å². The molecule has 0 unspecified atom stereocenters. The lowest BCUT2D eigenvalue weighted by Gasteiger charge is -2.32. The van der Waals surface area contributed by atoms with Gasteiger partial charge in [-0.1, -0.05) is 42.5 Å². The lowest BCUT2D eigenvalue weighted by atomic mass is 9.99. The Morgan fingerprint density at radius 2 is 1.69 bits per heavy atom. The molecule has 6 rings (SSSR count). The molecule has 1 amide bonds. The number of fused-ring (bicyclic) bond motifs is 2. The summed E-state index contributed by atoms with van der Waals surface area (Å²) in [5, 5.41) is 1.13. The van der Waals surface area contributed by atoms with E-state index in [2.05, 4.69) is 45.0 Å². The molecule has 1 saturated heterocycles. The molecule has 7 nitrogen and oxygen atoms in total. The van der Waals surface area contributed by atoms with E-state index in [4.69, 9.17) is 4.98 Å². The first-order valence-electron chi connectivity index (χ1n) is 12.2. The van der Waals surface area contributed by atoms with Crippen molar-refractivity contribution in [3.8, 4) is 11.1 Å². The molecule has 0 radical (unpaired) electrons. The number of nitrogens with zero attached hydrogens (tertiary/aromatic N) is 6. The van der Waals surface area contributed by atoms with Gasteiger partial charge in [0.1, 0.15) is 0 Å². The Hall–Kier alpha value is -3.84. The molecule has 1 fully saturated rings. The first-order chi connectivity index (χ1) is 17.2. The van der Waals surface area contributed by atoms with Gasteiger partial charge < -0.3 is 14.7 Å². The topological polar surface area (TPSA) is 65.5 Å². The van der Waals surface area contributed by atoms with Gasteiger partial charge in [0.15, 0.2) is 0 Å². The Kier molecular flexibility index (Phi) is 5.62. The molecule has 2 aromatic heterocycles. The molecule has 2 aliphatic heterocycles. The molecule has 0 spiro atoms. The molecule has 0 atom stereocenters. The van der Waals surface area contributed by atoms with E-state index >= 15 is 0 Å². The van der Waals surface area contributed by atoms with Crippen LogP contribution in [0.4, 0.5) is 5.95 Å². The molecular weight excluding hydrogens is 436 g/mol. The van der Waals surface area contributed by atoms with Crippen molar-refractivity contribution < 1.29 is 4.79 Å². The van der Waals surface area contributed by atoms with E-state index in [-0.39, 0.29) is 5.91 Å².